The molecule has 7 heteroatoms. The third-order valence-electron chi connectivity index (χ3n) is 5.70. The second-order valence-corrected chi connectivity index (χ2v) is 8.90. The van der Waals surface area contributed by atoms with E-state index in [1.54, 1.807) is 18.3 Å². The molecular formula is C24H27F2N3OS. The first-order chi connectivity index (χ1) is 15.1. The Morgan fingerprint density at radius 1 is 1.19 bits per heavy atom. The molecule has 0 amide bonds. The SMILES string of the molecule is Cc1ccc(-c2csc(Nc3ccc(OCCCC4CCCC4)c(C(F)F)c3)n2)cn1. The van der Waals surface area contributed by atoms with E-state index in [-0.39, 0.29) is 11.3 Å². The number of nitrogens with one attached hydrogen (secondary N) is 1. The summed E-state index contributed by atoms with van der Waals surface area (Å²) in [5.41, 5.74) is 3.14. The van der Waals surface area contributed by atoms with E-state index in [1.807, 2.05) is 24.4 Å². The van der Waals surface area contributed by atoms with E-state index in [1.165, 1.54) is 43.1 Å². The molecule has 0 unspecified atom stereocenters. The van der Waals surface area contributed by atoms with Crippen LogP contribution in [0.1, 0.15) is 56.2 Å². The predicted molar refractivity (Wildman–Crippen MR) is 121 cm³/mol. The second kappa shape index (κ2) is 10.2. The van der Waals surface area contributed by atoms with Crippen molar-refractivity contribution in [2.75, 3.05) is 11.9 Å². The number of anilines is 2. The van der Waals surface area contributed by atoms with Crippen LogP contribution in [0.15, 0.2) is 41.9 Å². The summed E-state index contributed by atoms with van der Waals surface area (Å²) in [4.78, 5) is 8.84. The predicted octanol–water partition coefficient (Wildman–Crippen LogP) is 7.54. The van der Waals surface area contributed by atoms with Crippen LogP contribution in [0.25, 0.3) is 11.3 Å². The van der Waals surface area contributed by atoms with Crippen molar-refractivity contribution in [3.05, 3.63) is 53.2 Å². The number of benzene rings is 1. The van der Waals surface area contributed by atoms with Crippen LogP contribution in [0.5, 0.6) is 5.75 Å². The van der Waals surface area contributed by atoms with Gasteiger partial charge in [-0.25, -0.2) is 13.8 Å². The van der Waals surface area contributed by atoms with E-state index in [9.17, 15) is 8.78 Å². The van der Waals surface area contributed by atoms with Gasteiger partial charge in [0.1, 0.15) is 5.75 Å². The van der Waals surface area contributed by atoms with Crippen LogP contribution in [0, 0.1) is 12.8 Å². The van der Waals surface area contributed by atoms with Gasteiger partial charge < -0.3 is 10.1 Å². The standard InChI is InChI=1S/C24H27F2N3OS/c1-16-8-9-18(14-27-16)21-15-31-24(29-21)28-19-10-11-22(20(13-19)23(25)26)30-12-4-7-17-5-2-3-6-17/h8-11,13-15,17,23H,2-7,12H2,1H3,(H,28,29). The highest BCUT2D eigenvalue weighted by Crippen LogP contribution is 2.34. The van der Waals surface area contributed by atoms with Crippen LogP contribution in [0.3, 0.4) is 0 Å². The van der Waals surface area contributed by atoms with Crippen molar-refractivity contribution < 1.29 is 13.5 Å². The second-order valence-electron chi connectivity index (χ2n) is 8.05. The molecule has 1 saturated carbocycles. The lowest BCUT2D eigenvalue weighted by atomic mass is 10.0. The summed E-state index contributed by atoms with van der Waals surface area (Å²) in [5, 5.41) is 5.69. The first kappa shape index (κ1) is 21.7. The van der Waals surface area contributed by atoms with Gasteiger partial charge in [-0.3, -0.25) is 4.98 Å². The molecule has 0 atom stereocenters. The molecule has 0 saturated heterocycles. The van der Waals surface area contributed by atoms with Gasteiger partial charge in [-0.15, -0.1) is 11.3 Å². The number of aromatic nitrogens is 2. The molecule has 0 spiro atoms. The highest BCUT2D eigenvalue weighted by Gasteiger charge is 2.17. The first-order valence-electron chi connectivity index (χ1n) is 10.8. The van der Waals surface area contributed by atoms with Gasteiger partial charge in [0.25, 0.3) is 6.43 Å². The Bertz CT molecular complexity index is 985. The summed E-state index contributed by atoms with van der Waals surface area (Å²) in [6.07, 6.45) is 6.42. The van der Waals surface area contributed by atoms with Crippen molar-refractivity contribution >= 4 is 22.2 Å². The fourth-order valence-electron chi connectivity index (χ4n) is 3.99. The maximum absolute atomic E-state index is 13.6. The number of ether oxygens (including phenoxy) is 1. The number of rotatable bonds is 9. The number of alkyl halides is 2. The molecule has 0 aliphatic heterocycles. The van der Waals surface area contributed by atoms with E-state index in [2.05, 4.69) is 15.3 Å². The Kier molecular flexibility index (Phi) is 7.12. The van der Waals surface area contributed by atoms with Crippen molar-refractivity contribution in [2.24, 2.45) is 5.92 Å². The fourth-order valence-corrected chi connectivity index (χ4v) is 4.73. The number of aryl methyl sites for hydroxylation is 1. The number of pyridine rings is 1. The van der Waals surface area contributed by atoms with Crippen LogP contribution in [0.4, 0.5) is 19.6 Å². The number of halogens is 2. The van der Waals surface area contributed by atoms with E-state index in [4.69, 9.17) is 4.74 Å². The Labute approximate surface area is 185 Å². The zero-order valence-electron chi connectivity index (χ0n) is 17.6. The minimum atomic E-state index is -2.60. The van der Waals surface area contributed by atoms with Gasteiger partial charge in [-0.05, 0) is 56.0 Å². The van der Waals surface area contributed by atoms with Crippen molar-refractivity contribution in [1.29, 1.82) is 0 Å². The van der Waals surface area contributed by atoms with Gasteiger partial charge in [0.2, 0.25) is 0 Å². The van der Waals surface area contributed by atoms with Crippen LogP contribution in [0.2, 0.25) is 0 Å². The average Bonchev–Trinajstić information content (AvgIpc) is 3.45. The molecule has 1 aliphatic rings. The summed E-state index contributed by atoms with van der Waals surface area (Å²) in [6.45, 7) is 2.41. The molecule has 4 rings (SSSR count). The average molecular weight is 444 g/mol. The number of thiazole rings is 1. The normalized spacial score (nSPS) is 14.3. The first-order valence-corrected chi connectivity index (χ1v) is 11.7. The van der Waals surface area contributed by atoms with E-state index in [0.29, 0.717) is 17.4 Å². The largest absolute Gasteiger partial charge is 0.493 e. The highest BCUT2D eigenvalue weighted by atomic mass is 32.1. The van der Waals surface area contributed by atoms with Crippen LogP contribution >= 0.6 is 11.3 Å². The van der Waals surface area contributed by atoms with Crippen molar-refractivity contribution in [2.45, 2.75) is 51.9 Å². The zero-order valence-corrected chi connectivity index (χ0v) is 18.4. The van der Waals surface area contributed by atoms with E-state index >= 15 is 0 Å². The maximum atomic E-state index is 13.6. The van der Waals surface area contributed by atoms with Gasteiger partial charge in [0.15, 0.2) is 5.13 Å². The molecule has 0 radical (unpaired) electrons. The minimum absolute atomic E-state index is 0.0922. The van der Waals surface area contributed by atoms with Crippen LogP contribution in [-0.4, -0.2) is 16.6 Å². The molecule has 31 heavy (non-hydrogen) atoms. The summed E-state index contributed by atoms with van der Waals surface area (Å²) < 4.78 is 33.0. The summed E-state index contributed by atoms with van der Waals surface area (Å²) in [5.74, 6) is 1.04. The van der Waals surface area contributed by atoms with Crippen LogP contribution in [-0.2, 0) is 0 Å². The molecule has 1 fully saturated rings. The summed E-state index contributed by atoms with van der Waals surface area (Å²) >= 11 is 1.42. The molecule has 1 aromatic carbocycles. The third kappa shape index (κ3) is 5.79. The highest BCUT2D eigenvalue weighted by molar-refractivity contribution is 7.14. The zero-order chi connectivity index (χ0) is 21.6. The Balaban J connectivity index is 1.38. The third-order valence-corrected chi connectivity index (χ3v) is 6.45. The van der Waals surface area contributed by atoms with Gasteiger partial charge in [0.05, 0.1) is 17.9 Å². The monoisotopic (exact) mass is 443 g/mol. The maximum Gasteiger partial charge on any atom is 0.267 e. The van der Waals surface area contributed by atoms with Crippen LogP contribution < -0.4 is 10.1 Å². The summed E-state index contributed by atoms with van der Waals surface area (Å²) in [7, 11) is 0. The number of hydrogen-bond acceptors (Lipinski definition) is 5. The number of nitrogens with zero attached hydrogens (tertiary/aromatic N) is 2. The van der Waals surface area contributed by atoms with Gasteiger partial charge in [-0.2, -0.15) is 0 Å². The summed E-state index contributed by atoms with van der Waals surface area (Å²) in [6, 6.07) is 8.73. The molecule has 0 bridgehead atoms. The topological polar surface area (TPSA) is 47.0 Å². The van der Waals surface area contributed by atoms with E-state index < -0.39 is 6.43 Å². The Morgan fingerprint density at radius 2 is 2.03 bits per heavy atom. The molecule has 4 nitrogen and oxygen atoms in total. The lowest BCUT2D eigenvalue weighted by molar-refractivity contribution is 0.145. The van der Waals surface area contributed by atoms with Gasteiger partial charge >= 0.3 is 0 Å². The lowest BCUT2D eigenvalue weighted by Gasteiger charge is -2.14. The van der Waals surface area contributed by atoms with Crippen molar-refractivity contribution in [3.8, 4) is 17.0 Å². The minimum Gasteiger partial charge on any atom is -0.493 e. The van der Waals surface area contributed by atoms with Crippen molar-refractivity contribution in [3.63, 3.8) is 0 Å². The van der Waals surface area contributed by atoms with Crippen molar-refractivity contribution in [1.82, 2.24) is 9.97 Å². The Morgan fingerprint density at radius 3 is 2.77 bits per heavy atom. The van der Waals surface area contributed by atoms with Gasteiger partial charge in [-0.1, -0.05) is 25.7 Å². The molecule has 2 aromatic heterocycles. The smallest absolute Gasteiger partial charge is 0.267 e. The molecule has 164 valence electrons. The van der Waals surface area contributed by atoms with Gasteiger partial charge in [0, 0.05) is 28.5 Å². The number of hydrogen-bond donors (Lipinski definition) is 1. The Hall–Kier alpha value is -2.54. The quantitative estimate of drug-likeness (QED) is 0.347. The fraction of sp³-hybridized carbons (Fsp3) is 0.417. The molecule has 2 heterocycles. The molecule has 3 aromatic rings. The molecular weight excluding hydrogens is 416 g/mol. The lowest BCUT2D eigenvalue weighted by Crippen LogP contribution is -2.04. The molecule has 1 aliphatic carbocycles. The molecule has 1 N–H and O–H groups in total. The van der Waals surface area contributed by atoms with E-state index in [0.717, 1.165) is 35.7 Å².